The summed E-state index contributed by atoms with van der Waals surface area (Å²) in [4.78, 5) is 12.0. The number of nitrogens with one attached hydrogen (secondary N) is 2. The van der Waals surface area contributed by atoms with Crippen LogP contribution >= 0.6 is 0 Å². The number of carbonyl (C=O) groups excluding carboxylic acids is 1. The van der Waals surface area contributed by atoms with Crippen molar-refractivity contribution in [1.82, 2.24) is 5.32 Å². The highest BCUT2D eigenvalue weighted by Crippen LogP contribution is 2.22. The molecular weight excluding hydrogens is 280 g/mol. The Balaban J connectivity index is 1.98. The maximum absolute atomic E-state index is 12.0. The van der Waals surface area contributed by atoms with Gasteiger partial charge in [0.05, 0.1) is 6.54 Å². The lowest BCUT2D eigenvalue weighted by Crippen LogP contribution is -2.40. The number of rotatable bonds is 4. The van der Waals surface area contributed by atoms with E-state index in [1.807, 2.05) is 32.0 Å². The zero-order valence-corrected chi connectivity index (χ0v) is 13.4. The van der Waals surface area contributed by atoms with Gasteiger partial charge in [-0.2, -0.15) is 0 Å². The number of amides is 2. The minimum atomic E-state index is -1.26. The molecule has 2 aromatic rings. The molecule has 118 valence electrons. The van der Waals surface area contributed by atoms with Gasteiger partial charge in [0, 0.05) is 5.69 Å². The van der Waals surface area contributed by atoms with E-state index in [0.717, 1.165) is 22.6 Å². The molecule has 1 unspecified atom stereocenters. The van der Waals surface area contributed by atoms with Crippen molar-refractivity contribution in [2.24, 2.45) is 0 Å². The summed E-state index contributed by atoms with van der Waals surface area (Å²) in [5, 5.41) is 15.9. The Labute approximate surface area is 130 Å². The number of aliphatic hydroxyl groups is 1. The number of para-hydroxylation sites is 1. The molecule has 0 aliphatic heterocycles. The highest BCUT2D eigenvalue weighted by Gasteiger charge is 2.27. The summed E-state index contributed by atoms with van der Waals surface area (Å²) in [7, 11) is 0. The molecule has 22 heavy (non-hydrogen) atoms. The molecule has 1 aromatic carbocycles. The van der Waals surface area contributed by atoms with Gasteiger partial charge in [0.25, 0.3) is 0 Å². The number of aryl methyl sites for hydroxylation is 3. The van der Waals surface area contributed by atoms with Crippen LogP contribution in [0.2, 0.25) is 0 Å². The molecule has 0 saturated carbocycles. The zero-order chi connectivity index (χ0) is 16.3. The van der Waals surface area contributed by atoms with E-state index < -0.39 is 5.60 Å². The molecule has 0 saturated heterocycles. The largest absolute Gasteiger partial charge is 0.463 e. The number of hydrogen-bond acceptors (Lipinski definition) is 3. The van der Waals surface area contributed by atoms with Crippen LogP contribution in [-0.4, -0.2) is 17.7 Å². The molecule has 2 amide bonds. The normalized spacial score (nSPS) is 13.5. The molecule has 3 N–H and O–H groups in total. The van der Waals surface area contributed by atoms with Crippen molar-refractivity contribution in [3.8, 4) is 0 Å². The van der Waals surface area contributed by atoms with Crippen molar-refractivity contribution in [2.45, 2.75) is 33.3 Å². The minimum absolute atomic E-state index is 0.0523. The smallest absolute Gasteiger partial charge is 0.319 e. The molecule has 1 aromatic heterocycles. The van der Waals surface area contributed by atoms with Gasteiger partial charge in [-0.3, -0.25) is 0 Å². The van der Waals surface area contributed by atoms with Crippen LogP contribution in [0.5, 0.6) is 0 Å². The average Bonchev–Trinajstić information content (AvgIpc) is 2.88. The summed E-state index contributed by atoms with van der Waals surface area (Å²) in [6, 6.07) is 8.94. The average molecular weight is 302 g/mol. The van der Waals surface area contributed by atoms with Gasteiger partial charge < -0.3 is 20.2 Å². The van der Waals surface area contributed by atoms with E-state index in [9.17, 15) is 9.90 Å². The third-order valence-corrected chi connectivity index (χ3v) is 3.58. The van der Waals surface area contributed by atoms with E-state index in [4.69, 9.17) is 4.42 Å². The van der Waals surface area contributed by atoms with Gasteiger partial charge in [-0.1, -0.05) is 18.2 Å². The van der Waals surface area contributed by atoms with Crippen molar-refractivity contribution in [3.05, 3.63) is 53.0 Å². The lowest BCUT2D eigenvalue weighted by molar-refractivity contribution is 0.0364. The Kier molecular flexibility index (Phi) is 4.56. The van der Waals surface area contributed by atoms with Gasteiger partial charge in [-0.05, 0) is 51.0 Å². The van der Waals surface area contributed by atoms with E-state index >= 15 is 0 Å². The second-order valence-corrected chi connectivity index (χ2v) is 5.76. The van der Waals surface area contributed by atoms with Crippen molar-refractivity contribution in [2.75, 3.05) is 11.9 Å². The minimum Gasteiger partial charge on any atom is -0.463 e. The van der Waals surface area contributed by atoms with Crippen LogP contribution < -0.4 is 10.6 Å². The molecule has 0 aliphatic rings. The van der Waals surface area contributed by atoms with Gasteiger partial charge in [0.15, 0.2) is 0 Å². The highest BCUT2D eigenvalue weighted by atomic mass is 16.4. The lowest BCUT2D eigenvalue weighted by atomic mass is 10.0. The summed E-state index contributed by atoms with van der Waals surface area (Å²) < 4.78 is 5.42. The molecule has 5 heteroatoms. The fourth-order valence-corrected chi connectivity index (χ4v) is 2.23. The number of urea groups is 1. The second-order valence-electron chi connectivity index (χ2n) is 5.76. The second kappa shape index (κ2) is 6.23. The molecule has 1 heterocycles. The van der Waals surface area contributed by atoms with Gasteiger partial charge in [0.1, 0.15) is 17.1 Å². The maximum atomic E-state index is 12.0. The Bertz CT molecular complexity index is 654. The topological polar surface area (TPSA) is 74.5 Å². The summed E-state index contributed by atoms with van der Waals surface area (Å²) in [6.07, 6.45) is 0. The number of benzene rings is 1. The molecule has 0 radical (unpaired) electrons. The van der Waals surface area contributed by atoms with Crippen molar-refractivity contribution in [1.29, 1.82) is 0 Å². The van der Waals surface area contributed by atoms with Crippen LogP contribution in [-0.2, 0) is 5.60 Å². The maximum Gasteiger partial charge on any atom is 0.319 e. The Hall–Kier alpha value is -2.27. The van der Waals surface area contributed by atoms with Crippen LogP contribution in [0.4, 0.5) is 10.5 Å². The number of furan rings is 1. The highest BCUT2D eigenvalue weighted by molar-refractivity contribution is 5.91. The summed E-state index contributed by atoms with van der Waals surface area (Å²) >= 11 is 0. The molecule has 0 spiro atoms. The van der Waals surface area contributed by atoms with Crippen LogP contribution in [0.15, 0.2) is 34.7 Å². The van der Waals surface area contributed by atoms with Crippen LogP contribution in [0.25, 0.3) is 0 Å². The molecular formula is C17H22N2O3. The fraction of sp³-hybridized carbons (Fsp3) is 0.353. The Morgan fingerprint density at radius 1 is 1.18 bits per heavy atom. The van der Waals surface area contributed by atoms with Gasteiger partial charge in [-0.15, -0.1) is 0 Å². The molecule has 0 fully saturated rings. The number of anilines is 1. The first-order valence-corrected chi connectivity index (χ1v) is 7.20. The van der Waals surface area contributed by atoms with E-state index in [1.54, 1.807) is 26.0 Å². The number of carbonyl (C=O) groups is 1. The van der Waals surface area contributed by atoms with Crippen LogP contribution in [0.1, 0.15) is 29.6 Å². The van der Waals surface area contributed by atoms with Crippen molar-refractivity contribution < 1.29 is 14.3 Å². The zero-order valence-electron chi connectivity index (χ0n) is 13.4. The van der Waals surface area contributed by atoms with E-state index in [-0.39, 0.29) is 12.6 Å². The Morgan fingerprint density at radius 3 is 2.36 bits per heavy atom. The Morgan fingerprint density at radius 2 is 1.82 bits per heavy atom. The number of hydrogen-bond donors (Lipinski definition) is 3. The van der Waals surface area contributed by atoms with E-state index in [2.05, 4.69) is 10.6 Å². The van der Waals surface area contributed by atoms with E-state index in [1.165, 1.54) is 0 Å². The molecule has 2 rings (SSSR count). The quantitative estimate of drug-likeness (QED) is 0.811. The van der Waals surface area contributed by atoms with Gasteiger partial charge in [-0.25, -0.2) is 4.79 Å². The summed E-state index contributed by atoms with van der Waals surface area (Å²) in [6.45, 7) is 7.33. The standard InChI is InChI=1S/C17H22N2O3/c1-11-6-5-7-12(2)15(11)19-16(20)18-10-17(4,21)14-9-8-13(3)22-14/h5-9,21H,10H2,1-4H3,(H2,18,19,20). The summed E-state index contributed by atoms with van der Waals surface area (Å²) in [5.41, 5.74) is 1.51. The van der Waals surface area contributed by atoms with Crippen molar-refractivity contribution in [3.63, 3.8) is 0 Å². The van der Waals surface area contributed by atoms with Crippen LogP contribution in [0, 0.1) is 20.8 Å². The summed E-state index contributed by atoms with van der Waals surface area (Å²) in [5.74, 6) is 1.15. The predicted octanol–water partition coefficient (Wildman–Crippen LogP) is 3.23. The molecule has 0 bridgehead atoms. The third-order valence-electron chi connectivity index (χ3n) is 3.58. The van der Waals surface area contributed by atoms with Gasteiger partial charge in [0.2, 0.25) is 0 Å². The first-order valence-electron chi connectivity index (χ1n) is 7.20. The third kappa shape index (κ3) is 3.68. The first kappa shape index (κ1) is 16.1. The monoisotopic (exact) mass is 302 g/mol. The van der Waals surface area contributed by atoms with Crippen molar-refractivity contribution >= 4 is 11.7 Å². The van der Waals surface area contributed by atoms with E-state index in [0.29, 0.717) is 5.76 Å². The first-order chi connectivity index (χ1) is 10.3. The molecule has 1 atom stereocenters. The molecule has 0 aliphatic carbocycles. The fourth-order valence-electron chi connectivity index (χ4n) is 2.23. The lowest BCUT2D eigenvalue weighted by Gasteiger charge is -2.21. The van der Waals surface area contributed by atoms with Crippen LogP contribution in [0.3, 0.4) is 0 Å². The SMILES string of the molecule is Cc1ccc(C(C)(O)CNC(=O)Nc2c(C)cccc2C)o1. The van der Waals surface area contributed by atoms with Gasteiger partial charge >= 0.3 is 6.03 Å². The molecule has 5 nitrogen and oxygen atoms in total. The predicted molar refractivity (Wildman–Crippen MR) is 86.0 cm³/mol.